The number of nitrogens with zero attached hydrogens (tertiary/aromatic N) is 5. The topological polar surface area (TPSA) is 16.2 Å². The minimum absolute atomic E-state index is 0.228. The summed E-state index contributed by atoms with van der Waals surface area (Å²) in [7, 11) is 0. The summed E-state index contributed by atoms with van der Waals surface area (Å²) in [6.07, 6.45) is 18.0. The number of anilines is 7. The first-order valence-electron chi connectivity index (χ1n) is 45.4. The first-order valence-corrected chi connectivity index (χ1v) is 45.4. The molecule has 0 N–H and O–H groups in total. The van der Waals surface area contributed by atoms with Crippen LogP contribution in [0.15, 0.2) is 455 Å². The Balaban J connectivity index is 0.0000000856. The molecule has 0 amide bonds. The number of para-hydroxylation sites is 4. The molecule has 0 radical (unpaired) electrons. The Morgan fingerprint density at radius 2 is 0.485 bits per heavy atom. The molecule has 0 aliphatic carbocycles. The molecule has 5 nitrogen and oxygen atoms in total. The molecule has 0 atom stereocenters. The first kappa shape index (κ1) is 75.1. The Hall–Kier alpha value is -16.3. The third kappa shape index (κ3) is 12.2. The molecule has 0 spiro atoms. The van der Waals surface area contributed by atoms with Crippen molar-refractivity contribution < 1.29 is 0 Å². The average Bonchev–Trinajstić information content (AvgIpc) is 0.752. The molecule has 10 aliphatic rings. The molecule has 600 valence electrons. The van der Waals surface area contributed by atoms with Crippen LogP contribution in [0.3, 0.4) is 0 Å². The molecule has 20 aromatic rings. The average molecular weight is 1650 g/mol. The minimum Gasteiger partial charge on any atom is -0.383 e. The van der Waals surface area contributed by atoms with Gasteiger partial charge in [-0.1, -0.05) is 388 Å². The maximum atomic E-state index is 2.50. The van der Waals surface area contributed by atoms with E-state index in [1.807, 2.05) is 0 Å². The molecule has 10 heterocycles. The van der Waals surface area contributed by atoms with Crippen LogP contribution in [0.4, 0.5) is 39.8 Å². The SMILES string of the molecule is C1=CN2B(c3ccccc31)c1cc3ccccc3cc1-c1ccccc12.C1=CN2B(c3ccccc31)c1ccccc1-c1c2ccc2ccccc12.C1=CN2B(c3ccccc31)c1ccccc1-c1cc3ccccc3cc12.C1=Cc2ccccc2N2B1c1cc3ccccc3cc1-c1ccccc12.C1=Cc2ccccc2N2B1c1ccccc1-c1c2ccc2ccccc12. The molecule has 130 heavy (non-hydrogen) atoms. The summed E-state index contributed by atoms with van der Waals surface area (Å²) in [6.45, 7) is 1.18. The van der Waals surface area contributed by atoms with E-state index < -0.39 is 0 Å². The van der Waals surface area contributed by atoms with Crippen molar-refractivity contribution in [3.8, 4) is 55.6 Å². The lowest BCUT2D eigenvalue weighted by atomic mass is 9.44. The van der Waals surface area contributed by atoms with Crippen LogP contribution in [0.25, 0.3) is 140 Å². The van der Waals surface area contributed by atoms with E-state index >= 15 is 0 Å². The normalized spacial score (nSPS) is 13.8. The van der Waals surface area contributed by atoms with Gasteiger partial charge in [-0.05, 0) is 251 Å². The van der Waals surface area contributed by atoms with Gasteiger partial charge in [-0.3, -0.25) is 0 Å². The van der Waals surface area contributed by atoms with Crippen molar-refractivity contribution in [1.29, 1.82) is 0 Å². The smallest absolute Gasteiger partial charge is 0.328 e. The predicted octanol–water partition coefficient (Wildman–Crippen LogP) is 24.1. The highest BCUT2D eigenvalue weighted by atomic mass is 15.1. The van der Waals surface area contributed by atoms with E-state index in [4.69, 9.17) is 0 Å². The van der Waals surface area contributed by atoms with Gasteiger partial charge in [0, 0.05) is 67.6 Å². The highest BCUT2D eigenvalue weighted by Gasteiger charge is 2.44. The molecule has 10 heteroatoms. The van der Waals surface area contributed by atoms with E-state index in [9.17, 15) is 0 Å². The monoisotopic (exact) mass is 1650 g/mol. The van der Waals surface area contributed by atoms with Crippen LogP contribution in [0.5, 0.6) is 0 Å². The van der Waals surface area contributed by atoms with Gasteiger partial charge in [0.25, 0.3) is 0 Å². The van der Waals surface area contributed by atoms with E-state index in [2.05, 4.69) is 510 Å². The van der Waals surface area contributed by atoms with Gasteiger partial charge in [0.2, 0.25) is 0 Å². The lowest BCUT2D eigenvalue weighted by Gasteiger charge is -2.40. The Bertz CT molecular complexity index is 7920. The molecule has 0 fully saturated rings. The summed E-state index contributed by atoms with van der Waals surface area (Å²) in [5.41, 5.74) is 39.9. The van der Waals surface area contributed by atoms with Crippen molar-refractivity contribution in [3.05, 3.63) is 483 Å². The molecule has 0 bridgehead atoms. The van der Waals surface area contributed by atoms with E-state index in [0.29, 0.717) is 0 Å². The number of hydrogen-bond donors (Lipinski definition) is 0. The quantitative estimate of drug-likeness (QED) is 0.140. The number of benzene rings is 20. The lowest BCUT2D eigenvalue weighted by molar-refractivity contribution is 1.35. The van der Waals surface area contributed by atoms with Gasteiger partial charge in [-0.15, -0.1) is 0 Å². The maximum absolute atomic E-state index is 2.50. The fourth-order valence-electron chi connectivity index (χ4n) is 22.5. The van der Waals surface area contributed by atoms with Gasteiger partial charge in [-0.25, -0.2) is 0 Å². The molecule has 0 saturated carbocycles. The van der Waals surface area contributed by atoms with Crippen LogP contribution in [0.2, 0.25) is 0 Å². The highest BCUT2D eigenvalue weighted by Crippen LogP contribution is 2.50. The Morgan fingerprint density at radius 3 is 1.02 bits per heavy atom. The number of fused-ring (bicyclic) bond motifs is 47. The van der Waals surface area contributed by atoms with Crippen LogP contribution in [-0.2, 0) is 0 Å². The van der Waals surface area contributed by atoms with Gasteiger partial charge < -0.3 is 24.1 Å². The zero-order valence-corrected chi connectivity index (χ0v) is 71.3. The van der Waals surface area contributed by atoms with Crippen LogP contribution in [0.1, 0.15) is 27.8 Å². The van der Waals surface area contributed by atoms with Gasteiger partial charge in [0.05, 0.1) is 0 Å². The van der Waals surface area contributed by atoms with Crippen molar-refractivity contribution in [3.63, 3.8) is 0 Å². The zero-order chi connectivity index (χ0) is 85.4. The van der Waals surface area contributed by atoms with Crippen molar-refractivity contribution in [2.75, 3.05) is 24.1 Å². The molecule has 30 rings (SSSR count). The van der Waals surface area contributed by atoms with E-state index in [1.54, 1.807) is 0 Å². The van der Waals surface area contributed by atoms with E-state index in [-0.39, 0.29) is 34.2 Å². The third-order valence-electron chi connectivity index (χ3n) is 28.3. The maximum Gasteiger partial charge on any atom is 0.328 e. The molecule has 0 aromatic heterocycles. The molecule has 10 aliphatic heterocycles. The van der Waals surface area contributed by atoms with Crippen LogP contribution in [0, 0.1) is 0 Å². The van der Waals surface area contributed by atoms with Gasteiger partial charge in [0.1, 0.15) is 0 Å². The standard InChI is InChI=1S/5C24H16BN/c1-3-9-19-17(7-1)13-14-23-24(19)20-10-4-5-11-21(20)25-16-15-18-8-2-6-12-22(18)26(23)25;1-3-9-19-17(7-1)13-14-23-24(19)20-10-4-6-12-22(20)25-21-11-5-2-8-18(21)15-16-26(23)25;1-2-9-19-16-22-21(15-18(19)8-1)20-10-4-6-12-24(20)26-23-11-5-3-7-17(23)13-14-25(22)26;1-2-9-19-16-23-21(15-18(19)8-1)20-10-4-6-12-24(20)26-14-13-17-7-3-5-11-22(17)25(23)26;1-2-9-19-16-24-21(15-18(19)8-1)20-10-4-6-12-23(20)25-22-11-5-3-7-17(22)13-14-26(24)25/h5*1-16H. The van der Waals surface area contributed by atoms with Gasteiger partial charge in [-0.2, -0.15) is 0 Å². The van der Waals surface area contributed by atoms with Crippen LogP contribution >= 0.6 is 0 Å². The fourth-order valence-corrected chi connectivity index (χ4v) is 22.5. The van der Waals surface area contributed by atoms with E-state index in [0.717, 1.165) is 0 Å². The van der Waals surface area contributed by atoms with Crippen LogP contribution in [-0.4, -0.2) is 34.2 Å². The Labute approximate surface area is 759 Å². The summed E-state index contributed by atoms with van der Waals surface area (Å²) < 4.78 is 0. The molecular weight excluding hydrogens is 1570 g/mol. The second-order valence-electron chi connectivity index (χ2n) is 35.2. The van der Waals surface area contributed by atoms with Crippen molar-refractivity contribution in [2.24, 2.45) is 0 Å². The molecule has 0 unspecified atom stereocenters. The van der Waals surface area contributed by atoms with Crippen molar-refractivity contribution in [1.82, 2.24) is 0 Å². The second-order valence-corrected chi connectivity index (χ2v) is 35.2. The first-order chi connectivity index (χ1) is 64.5. The molecule has 20 aromatic carbocycles. The van der Waals surface area contributed by atoms with E-state index in [1.165, 1.54) is 221 Å². The minimum atomic E-state index is 0.228. The number of rotatable bonds is 0. The summed E-state index contributed by atoms with van der Waals surface area (Å²) in [6, 6.07) is 154. The summed E-state index contributed by atoms with van der Waals surface area (Å²) >= 11 is 0. The van der Waals surface area contributed by atoms with Crippen LogP contribution < -0.4 is 67.8 Å². The largest absolute Gasteiger partial charge is 0.383 e. The van der Waals surface area contributed by atoms with Crippen molar-refractivity contribution in [2.45, 2.75) is 0 Å². The summed E-state index contributed by atoms with van der Waals surface area (Å²) in [4.78, 5) is 12.3. The lowest BCUT2D eigenvalue weighted by Crippen LogP contribution is -2.59. The Kier molecular flexibility index (Phi) is 17.8. The molecular formula is C120H80B5N5. The second kappa shape index (κ2) is 30.8. The number of hydrogen-bond acceptors (Lipinski definition) is 5. The Morgan fingerprint density at radius 1 is 0.162 bits per heavy atom. The summed E-state index contributed by atoms with van der Waals surface area (Å²) in [5.74, 6) is 4.67. The van der Waals surface area contributed by atoms with Gasteiger partial charge in [0.15, 0.2) is 0 Å². The predicted molar refractivity (Wildman–Crippen MR) is 562 cm³/mol. The highest BCUT2D eigenvalue weighted by molar-refractivity contribution is 6.93. The fraction of sp³-hybridized carbons (Fsp3) is 0. The van der Waals surface area contributed by atoms with Crippen molar-refractivity contribution >= 4 is 202 Å². The van der Waals surface area contributed by atoms with Gasteiger partial charge >= 0.3 is 34.2 Å². The zero-order valence-electron chi connectivity index (χ0n) is 71.3. The summed E-state index contributed by atoms with van der Waals surface area (Å²) in [5, 5.41) is 13.0. The third-order valence-corrected chi connectivity index (χ3v) is 28.3. The molecule has 0 saturated heterocycles.